The van der Waals surface area contributed by atoms with E-state index in [4.69, 9.17) is 9.47 Å². The van der Waals surface area contributed by atoms with Crippen molar-refractivity contribution in [2.75, 3.05) is 19.0 Å². The minimum Gasteiger partial charge on any atom is -0.495 e. The normalized spacial score (nSPS) is 10.2. The molecular formula is C25H21NO6. The molecule has 0 fully saturated rings. The zero-order valence-electron chi connectivity index (χ0n) is 17.6. The topological polar surface area (TPSA) is 98.8 Å². The number of hydrogen-bond acceptors (Lipinski definition) is 6. The first-order valence-corrected chi connectivity index (χ1v) is 9.75. The number of esters is 1. The summed E-state index contributed by atoms with van der Waals surface area (Å²) in [6, 6.07) is 19.0. The van der Waals surface area contributed by atoms with Crippen LogP contribution in [0.2, 0.25) is 0 Å². The molecule has 3 rings (SSSR count). The number of benzene rings is 3. The first kappa shape index (κ1) is 22.4. The summed E-state index contributed by atoms with van der Waals surface area (Å²) in [5.41, 5.74) is 1.99. The molecular weight excluding hydrogens is 410 g/mol. The van der Waals surface area contributed by atoms with Gasteiger partial charge in [-0.15, -0.1) is 0 Å². The van der Waals surface area contributed by atoms with Gasteiger partial charge in [0, 0.05) is 11.1 Å². The lowest BCUT2D eigenvalue weighted by Crippen LogP contribution is -2.21. The number of hydrogen-bond donors (Lipinski definition) is 1. The van der Waals surface area contributed by atoms with Crippen LogP contribution in [-0.2, 0) is 9.53 Å². The van der Waals surface area contributed by atoms with E-state index >= 15 is 0 Å². The average Bonchev–Trinajstić information content (AvgIpc) is 2.82. The largest absolute Gasteiger partial charge is 0.495 e. The maximum atomic E-state index is 12.4. The van der Waals surface area contributed by atoms with Crippen molar-refractivity contribution in [3.8, 4) is 5.75 Å². The van der Waals surface area contributed by atoms with Gasteiger partial charge >= 0.3 is 5.97 Å². The second-order valence-electron chi connectivity index (χ2n) is 6.93. The number of rotatable bonds is 8. The van der Waals surface area contributed by atoms with Crippen LogP contribution >= 0.6 is 0 Å². The van der Waals surface area contributed by atoms with Gasteiger partial charge in [-0.05, 0) is 36.8 Å². The number of methoxy groups -OCH3 is 1. The third-order valence-electron chi connectivity index (χ3n) is 4.59. The molecule has 0 aliphatic heterocycles. The SMILES string of the molecule is COc1ccc(C)cc1NC(=O)COC(=O)c1ccc(C(=O)C(=O)c2ccccc2)cc1. The summed E-state index contributed by atoms with van der Waals surface area (Å²) in [4.78, 5) is 49.0. The Bertz CT molecular complexity index is 1150. The summed E-state index contributed by atoms with van der Waals surface area (Å²) in [7, 11) is 1.49. The average molecular weight is 431 g/mol. The quantitative estimate of drug-likeness (QED) is 0.330. The Labute approximate surface area is 185 Å². The van der Waals surface area contributed by atoms with Crippen molar-refractivity contribution in [3.63, 3.8) is 0 Å². The van der Waals surface area contributed by atoms with Gasteiger partial charge in [-0.25, -0.2) is 4.79 Å². The lowest BCUT2D eigenvalue weighted by Gasteiger charge is -2.11. The number of anilines is 1. The lowest BCUT2D eigenvalue weighted by molar-refractivity contribution is -0.119. The van der Waals surface area contributed by atoms with Crippen LogP contribution in [0.5, 0.6) is 5.75 Å². The van der Waals surface area contributed by atoms with E-state index in [0.717, 1.165) is 5.56 Å². The number of ketones is 2. The molecule has 162 valence electrons. The standard InChI is InChI=1S/C25H21NO6/c1-16-8-13-21(31-2)20(14-16)26-22(27)15-32-25(30)19-11-9-18(10-12-19)24(29)23(28)17-6-4-3-5-7-17/h3-14H,15H2,1-2H3,(H,26,27). The molecule has 0 saturated heterocycles. The molecule has 0 heterocycles. The van der Waals surface area contributed by atoms with Crippen LogP contribution in [-0.4, -0.2) is 37.2 Å². The molecule has 7 nitrogen and oxygen atoms in total. The summed E-state index contributed by atoms with van der Waals surface area (Å²) in [6.07, 6.45) is 0. The second-order valence-corrected chi connectivity index (χ2v) is 6.93. The summed E-state index contributed by atoms with van der Waals surface area (Å²) in [6.45, 7) is 1.38. The van der Waals surface area contributed by atoms with Crippen molar-refractivity contribution in [2.45, 2.75) is 6.92 Å². The summed E-state index contributed by atoms with van der Waals surface area (Å²) < 4.78 is 10.2. The third kappa shape index (κ3) is 5.46. The minimum atomic E-state index is -0.732. The first-order valence-electron chi connectivity index (χ1n) is 9.75. The molecule has 0 aromatic heterocycles. The van der Waals surface area contributed by atoms with Crippen molar-refractivity contribution in [2.24, 2.45) is 0 Å². The Balaban J connectivity index is 1.58. The fourth-order valence-corrected chi connectivity index (χ4v) is 2.93. The number of Topliss-reactive ketones (excluding diaryl/α,β-unsaturated/α-hetero) is 2. The van der Waals surface area contributed by atoms with E-state index in [0.29, 0.717) is 11.4 Å². The number of aryl methyl sites for hydroxylation is 1. The smallest absolute Gasteiger partial charge is 0.338 e. The van der Waals surface area contributed by atoms with Crippen LogP contribution in [0.1, 0.15) is 36.6 Å². The van der Waals surface area contributed by atoms with Crippen molar-refractivity contribution < 1.29 is 28.7 Å². The van der Waals surface area contributed by atoms with Crippen LogP contribution in [0.3, 0.4) is 0 Å². The predicted molar refractivity (Wildman–Crippen MR) is 118 cm³/mol. The molecule has 3 aromatic rings. The summed E-state index contributed by atoms with van der Waals surface area (Å²) >= 11 is 0. The van der Waals surface area contributed by atoms with Crippen molar-refractivity contribution >= 4 is 29.1 Å². The fourth-order valence-electron chi connectivity index (χ4n) is 2.93. The summed E-state index contributed by atoms with van der Waals surface area (Å²) in [5, 5.41) is 2.64. The Morgan fingerprint density at radius 2 is 1.38 bits per heavy atom. The fraction of sp³-hybridized carbons (Fsp3) is 0.120. The number of carbonyl (C=O) groups excluding carboxylic acids is 4. The van der Waals surface area contributed by atoms with E-state index in [1.54, 1.807) is 42.5 Å². The maximum Gasteiger partial charge on any atom is 0.338 e. The molecule has 0 radical (unpaired) electrons. The molecule has 0 aliphatic carbocycles. The molecule has 1 N–H and O–H groups in total. The van der Waals surface area contributed by atoms with E-state index in [9.17, 15) is 19.2 Å². The summed E-state index contributed by atoms with van der Waals surface area (Å²) in [5.74, 6) is -2.08. The Morgan fingerprint density at radius 1 is 0.781 bits per heavy atom. The monoisotopic (exact) mass is 431 g/mol. The number of nitrogens with one attached hydrogen (secondary N) is 1. The molecule has 3 aromatic carbocycles. The van der Waals surface area contributed by atoms with Crippen LogP contribution < -0.4 is 10.1 Å². The number of ether oxygens (including phenoxy) is 2. The molecule has 0 atom stereocenters. The van der Waals surface area contributed by atoms with E-state index in [-0.39, 0.29) is 16.7 Å². The van der Waals surface area contributed by atoms with Gasteiger partial charge < -0.3 is 14.8 Å². The highest BCUT2D eigenvalue weighted by molar-refractivity contribution is 6.49. The molecule has 0 spiro atoms. The van der Waals surface area contributed by atoms with Gasteiger partial charge in [0.1, 0.15) is 5.75 Å². The first-order chi connectivity index (χ1) is 15.4. The number of amides is 1. The van der Waals surface area contributed by atoms with Crippen molar-refractivity contribution in [3.05, 3.63) is 95.1 Å². The van der Waals surface area contributed by atoms with E-state index in [1.807, 2.05) is 13.0 Å². The van der Waals surface area contributed by atoms with Crippen LogP contribution in [0.25, 0.3) is 0 Å². The van der Waals surface area contributed by atoms with Gasteiger partial charge in [-0.3, -0.25) is 14.4 Å². The van der Waals surface area contributed by atoms with Gasteiger partial charge in [-0.2, -0.15) is 0 Å². The minimum absolute atomic E-state index is 0.148. The highest BCUT2D eigenvalue weighted by atomic mass is 16.5. The molecule has 1 amide bonds. The predicted octanol–water partition coefficient (Wildman–Crippen LogP) is 3.86. The molecule has 0 aliphatic rings. The molecule has 0 saturated carbocycles. The highest BCUT2D eigenvalue weighted by Crippen LogP contribution is 2.25. The Kier molecular flexibility index (Phi) is 7.13. The maximum absolute atomic E-state index is 12.4. The zero-order valence-corrected chi connectivity index (χ0v) is 17.6. The van der Waals surface area contributed by atoms with E-state index in [2.05, 4.69) is 5.32 Å². The van der Waals surface area contributed by atoms with E-state index in [1.165, 1.54) is 31.4 Å². The van der Waals surface area contributed by atoms with Crippen LogP contribution in [0, 0.1) is 6.92 Å². The highest BCUT2D eigenvalue weighted by Gasteiger charge is 2.19. The molecule has 0 bridgehead atoms. The molecule has 0 unspecified atom stereocenters. The third-order valence-corrected chi connectivity index (χ3v) is 4.59. The van der Waals surface area contributed by atoms with Gasteiger partial charge in [0.05, 0.1) is 18.4 Å². The molecule has 32 heavy (non-hydrogen) atoms. The second kappa shape index (κ2) is 10.2. The lowest BCUT2D eigenvalue weighted by atomic mass is 10.0. The Morgan fingerprint density at radius 3 is 2.00 bits per heavy atom. The molecule has 7 heteroatoms. The Hall–Kier alpha value is -4.26. The van der Waals surface area contributed by atoms with Crippen LogP contribution in [0.4, 0.5) is 5.69 Å². The van der Waals surface area contributed by atoms with Crippen molar-refractivity contribution in [1.82, 2.24) is 0 Å². The van der Waals surface area contributed by atoms with E-state index < -0.39 is 30.0 Å². The van der Waals surface area contributed by atoms with Gasteiger partial charge in [0.2, 0.25) is 11.6 Å². The zero-order chi connectivity index (χ0) is 23.1. The van der Waals surface area contributed by atoms with Gasteiger partial charge in [-0.1, -0.05) is 48.5 Å². The van der Waals surface area contributed by atoms with Crippen molar-refractivity contribution in [1.29, 1.82) is 0 Å². The van der Waals surface area contributed by atoms with Gasteiger partial charge in [0.15, 0.2) is 6.61 Å². The van der Waals surface area contributed by atoms with Crippen LogP contribution in [0.15, 0.2) is 72.8 Å². The number of carbonyl (C=O) groups is 4. The van der Waals surface area contributed by atoms with Gasteiger partial charge in [0.25, 0.3) is 5.91 Å².